The third-order valence-corrected chi connectivity index (χ3v) is 3.67. The molecule has 136 valence electrons. The Morgan fingerprint density at radius 2 is 1.73 bits per heavy atom. The molecule has 1 aromatic carbocycles. The number of aryl methyl sites for hydroxylation is 1. The van der Waals surface area contributed by atoms with Gasteiger partial charge in [-0.3, -0.25) is 9.59 Å². The lowest BCUT2D eigenvalue weighted by Crippen LogP contribution is -2.28. The fourth-order valence-corrected chi connectivity index (χ4v) is 2.00. The number of aromatic nitrogens is 1. The van der Waals surface area contributed by atoms with E-state index in [-0.39, 0.29) is 17.2 Å². The molecule has 0 unspecified atom stereocenters. The number of nitrogens with one attached hydrogen (secondary N) is 2. The van der Waals surface area contributed by atoms with Crippen LogP contribution in [0.4, 0.5) is 11.4 Å². The summed E-state index contributed by atoms with van der Waals surface area (Å²) in [6, 6.07) is 7.85. The maximum absolute atomic E-state index is 12.3. The lowest BCUT2D eigenvalue weighted by molar-refractivity contribution is -0.123. The molecule has 2 amide bonds. The van der Waals surface area contributed by atoms with Gasteiger partial charge in [-0.2, -0.15) is 0 Å². The number of hydrogen-bond donors (Lipinski definition) is 3. The summed E-state index contributed by atoms with van der Waals surface area (Å²) in [7, 11) is 0. The lowest BCUT2D eigenvalue weighted by atomic mass is 9.95. The number of carboxylic acid groups (broad SMARTS) is 1. The fourth-order valence-electron chi connectivity index (χ4n) is 2.00. The van der Waals surface area contributed by atoms with E-state index in [2.05, 4.69) is 15.6 Å². The summed E-state index contributed by atoms with van der Waals surface area (Å²) in [4.78, 5) is 39.0. The van der Waals surface area contributed by atoms with E-state index in [0.29, 0.717) is 11.4 Å². The zero-order valence-corrected chi connectivity index (χ0v) is 15.1. The predicted molar refractivity (Wildman–Crippen MR) is 98.4 cm³/mol. The van der Waals surface area contributed by atoms with Crippen molar-refractivity contribution in [3.8, 4) is 0 Å². The van der Waals surface area contributed by atoms with Crippen LogP contribution in [0, 0.1) is 12.3 Å². The Hall–Kier alpha value is -3.22. The molecule has 0 radical (unpaired) electrons. The molecule has 0 aliphatic heterocycles. The van der Waals surface area contributed by atoms with Gasteiger partial charge in [-0.1, -0.05) is 26.8 Å². The normalized spacial score (nSPS) is 10.9. The van der Waals surface area contributed by atoms with E-state index >= 15 is 0 Å². The molecule has 0 bridgehead atoms. The Labute approximate surface area is 151 Å². The molecular weight excluding hydrogens is 334 g/mol. The first-order valence-electron chi connectivity index (χ1n) is 8.01. The third kappa shape index (κ3) is 4.66. The highest BCUT2D eigenvalue weighted by atomic mass is 16.4. The van der Waals surface area contributed by atoms with Crippen molar-refractivity contribution in [1.29, 1.82) is 0 Å². The first kappa shape index (κ1) is 19.1. The van der Waals surface area contributed by atoms with Crippen LogP contribution in [0.1, 0.15) is 47.2 Å². The maximum Gasteiger partial charge on any atom is 0.354 e. The Balaban J connectivity index is 2.16. The number of aromatic carboxylic acids is 1. The molecule has 7 nitrogen and oxygen atoms in total. The Morgan fingerprint density at radius 1 is 1.04 bits per heavy atom. The van der Waals surface area contributed by atoms with Gasteiger partial charge in [-0.25, -0.2) is 9.78 Å². The second kappa shape index (κ2) is 7.35. The number of anilines is 2. The summed E-state index contributed by atoms with van der Waals surface area (Å²) in [5, 5.41) is 14.4. The fraction of sp³-hybridized carbons (Fsp3) is 0.263. The highest BCUT2D eigenvalue weighted by Crippen LogP contribution is 2.24. The molecule has 0 aliphatic rings. The lowest BCUT2D eigenvalue weighted by Gasteiger charge is -2.19. The van der Waals surface area contributed by atoms with Crippen LogP contribution in [0.2, 0.25) is 0 Å². The topological polar surface area (TPSA) is 108 Å². The van der Waals surface area contributed by atoms with Crippen molar-refractivity contribution in [2.24, 2.45) is 5.41 Å². The highest BCUT2D eigenvalue weighted by Gasteiger charge is 2.22. The molecule has 2 aromatic rings. The number of benzene rings is 1. The molecule has 7 heteroatoms. The minimum Gasteiger partial charge on any atom is -0.477 e. The van der Waals surface area contributed by atoms with E-state index in [1.54, 1.807) is 18.2 Å². The van der Waals surface area contributed by atoms with Crippen molar-refractivity contribution in [1.82, 2.24) is 4.98 Å². The number of rotatable bonds is 4. The van der Waals surface area contributed by atoms with Crippen LogP contribution in [0.3, 0.4) is 0 Å². The number of pyridine rings is 1. The Kier molecular flexibility index (Phi) is 5.40. The minimum absolute atomic E-state index is 0.127. The summed E-state index contributed by atoms with van der Waals surface area (Å²) in [5.74, 6) is -1.71. The average Bonchev–Trinajstić information content (AvgIpc) is 2.57. The van der Waals surface area contributed by atoms with Crippen molar-refractivity contribution in [2.75, 3.05) is 10.6 Å². The second-order valence-corrected chi connectivity index (χ2v) is 6.93. The molecule has 0 saturated heterocycles. The third-order valence-electron chi connectivity index (χ3n) is 3.67. The first-order valence-corrected chi connectivity index (χ1v) is 8.01. The predicted octanol–water partition coefficient (Wildman–Crippen LogP) is 3.33. The number of amides is 2. The van der Waals surface area contributed by atoms with Crippen molar-refractivity contribution < 1.29 is 19.5 Å². The van der Waals surface area contributed by atoms with E-state index in [1.165, 1.54) is 18.3 Å². The molecule has 1 aromatic heterocycles. The van der Waals surface area contributed by atoms with Gasteiger partial charge >= 0.3 is 5.97 Å². The summed E-state index contributed by atoms with van der Waals surface area (Å²) in [5.41, 5.74) is 1.55. The van der Waals surface area contributed by atoms with Gasteiger partial charge in [0.1, 0.15) is 5.69 Å². The summed E-state index contributed by atoms with van der Waals surface area (Å²) in [6.07, 6.45) is 1.20. The monoisotopic (exact) mass is 355 g/mol. The number of nitrogens with zero attached hydrogens (tertiary/aromatic N) is 1. The van der Waals surface area contributed by atoms with Gasteiger partial charge in [0.25, 0.3) is 5.91 Å². The minimum atomic E-state index is -1.16. The summed E-state index contributed by atoms with van der Waals surface area (Å²) in [6.45, 7) is 7.31. The van der Waals surface area contributed by atoms with Gasteiger partial charge in [0.2, 0.25) is 5.91 Å². The number of carbonyl (C=O) groups excluding carboxylic acids is 2. The molecule has 2 rings (SSSR count). The van der Waals surface area contributed by atoms with E-state index in [4.69, 9.17) is 5.11 Å². The summed E-state index contributed by atoms with van der Waals surface area (Å²) < 4.78 is 0. The molecule has 0 aliphatic carbocycles. The Bertz CT molecular complexity index is 852. The van der Waals surface area contributed by atoms with Crippen LogP contribution < -0.4 is 10.6 Å². The SMILES string of the molecule is Cc1ccc(NC(=O)c2ccc(C(=O)O)nc2)cc1NC(=O)C(C)(C)C. The van der Waals surface area contributed by atoms with Gasteiger partial charge in [0.15, 0.2) is 0 Å². The first-order chi connectivity index (χ1) is 12.1. The number of carbonyl (C=O) groups is 3. The van der Waals surface area contributed by atoms with Gasteiger partial charge in [-0.05, 0) is 36.8 Å². The molecule has 0 spiro atoms. The van der Waals surface area contributed by atoms with Crippen LogP contribution in [0.15, 0.2) is 36.5 Å². The van der Waals surface area contributed by atoms with E-state index in [1.807, 2.05) is 27.7 Å². The quantitative estimate of drug-likeness (QED) is 0.779. The average molecular weight is 355 g/mol. The molecule has 26 heavy (non-hydrogen) atoms. The van der Waals surface area contributed by atoms with Gasteiger partial charge < -0.3 is 15.7 Å². The van der Waals surface area contributed by atoms with Crippen molar-refractivity contribution in [3.63, 3.8) is 0 Å². The van der Waals surface area contributed by atoms with Crippen molar-refractivity contribution in [3.05, 3.63) is 53.3 Å². The van der Waals surface area contributed by atoms with Crippen LogP contribution in [0.5, 0.6) is 0 Å². The zero-order valence-electron chi connectivity index (χ0n) is 15.1. The zero-order chi connectivity index (χ0) is 19.5. The molecule has 3 N–H and O–H groups in total. The van der Waals surface area contributed by atoms with Crippen LogP contribution in [0.25, 0.3) is 0 Å². The summed E-state index contributed by atoms with van der Waals surface area (Å²) >= 11 is 0. The highest BCUT2D eigenvalue weighted by molar-refractivity contribution is 6.05. The van der Waals surface area contributed by atoms with Crippen LogP contribution >= 0.6 is 0 Å². The van der Waals surface area contributed by atoms with E-state index < -0.39 is 17.3 Å². The Morgan fingerprint density at radius 3 is 2.27 bits per heavy atom. The van der Waals surface area contributed by atoms with Gasteiger partial charge in [-0.15, -0.1) is 0 Å². The standard InChI is InChI=1S/C19H21N3O4/c1-11-5-7-13(9-15(11)22-18(26)19(2,3)4)21-16(23)12-6-8-14(17(24)25)20-10-12/h5-10H,1-4H3,(H,21,23)(H,22,26)(H,24,25). The van der Waals surface area contributed by atoms with Gasteiger partial charge in [0, 0.05) is 23.0 Å². The maximum atomic E-state index is 12.3. The largest absolute Gasteiger partial charge is 0.477 e. The van der Waals surface area contributed by atoms with Crippen LogP contribution in [-0.4, -0.2) is 27.9 Å². The molecule has 0 atom stereocenters. The smallest absolute Gasteiger partial charge is 0.354 e. The van der Waals surface area contributed by atoms with E-state index in [9.17, 15) is 14.4 Å². The molecule has 0 fully saturated rings. The molecule has 1 heterocycles. The number of hydrogen-bond acceptors (Lipinski definition) is 4. The van der Waals surface area contributed by atoms with Gasteiger partial charge in [0.05, 0.1) is 5.56 Å². The molecule has 0 saturated carbocycles. The van der Waals surface area contributed by atoms with E-state index in [0.717, 1.165) is 5.56 Å². The van der Waals surface area contributed by atoms with Crippen molar-refractivity contribution in [2.45, 2.75) is 27.7 Å². The molecular formula is C19H21N3O4. The number of carboxylic acids is 1. The second-order valence-electron chi connectivity index (χ2n) is 6.93. The van der Waals surface area contributed by atoms with Crippen molar-refractivity contribution >= 4 is 29.2 Å². The van der Waals surface area contributed by atoms with Crippen LogP contribution in [-0.2, 0) is 4.79 Å².